The van der Waals surface area contributed by atoms with Gasteiger partial charge in [0.1, 0.15) is 0 Å². The van der Waals surface area contributed by atoms with Gasteiger partial charge < -0.3 is 15.0 Å². The summed E-state index contributed by atoms with van der Waals surface area (Å²) in [5, 5.41) is 3.55. The summed E-state index contributed by atoms with van der Waals surface area (Å²) in [6.07, 6.45) is 5.27. The lowest BCUT2D eigenvalue weighted by Gasteiger charge is -2.21. The highest BCUT2D eigenvalue weighted by Gasteiger charge is 2.16. The normalized spacial score (nSPS) is 30.4. The van der Waals surface area contributed by atoms with Crippen LogP contribution in [0.1, 0.15) is 25.7 Å². The fourth-order valence-electron chi connectivity index (χ4n) is 2.36. The van der Waals surface area contributed by atoms with Crippen molar-refractivity contribution < 1.29 is 4.74 Å². The quantitative estimate of drug-likeness (QED) is 0.727. The Bertz CT molecular complexity index is 149. The van der Waals surface area contributed by atoms with Crippen molar-refractivity contribution in [1.29, 1.82) is 0 Å². The van der Waals surface area contributed by atoms with Crippen LogP contribution in [0.25, 0.3) is 0 Å². The van der Waals surface area contributed by atoms with Gasteiger partial charge >= 0.3 is 0 Å². The molecule has 0 spiro atoms. The van der Waals surface area contributed by atoms with E-state index in [9.17, 15) is 0 Å². The Morgan fingerprint density at radius 3 is 3.07 bits per heavy atom. The molecule has 0 aromatic heterocycles. The molecule has 2 aliphatic rings. The van der Waals surface area contributed by atoms with Crippen molar-refractivity contribution in [2.24, 2.45) is 0 Å². The highest BCUT2D eigenvalue weighted by molar-refractivity contribution is 4.75. The van der Waals surface area contributed by atoms with Crippen molar-refractivity contribution >= 4 is 0 Å². The summed E-state index contributed by atoms with van der Waals surface area (Å²) >= 11 is 0. The van der Waals surface area contributed by atoms with Crippen molar-refractivity contribution in [1.82, 2.24) is 10.2 Å². The van der Waals surface area contributed by atoms with E-state index in [4.69, 9.17) is 4.74 Å². The van der Waals surface area contributed by atoms with Crippen molar-refractivity contribution in [2.75, 3.05) is 39.4 Å². The lowest BCUT2D eigenvalue weighted by atomic mass is 10.1. The van der Waals surface area contributed by atoms with Gasteiger partial charge in [-0.2, -0.15) is 0 Å². The van der Waals surface area contributed by atoms with Gasteiger partial charge in [0, 0.05) is 25.7 Å². The van der Waals surface area contributed by atoms with Gasteiger partial charge in [0.05, 0.1) is 6.61 Å². The van der Waals surface area contributed by atoms with Gasteiger partial charge in [-0.05, 0) is 38.8 Å². The topological polar surface area (TPSA) is 24.5 Å². The van der Waals surface area contributed by atoms with Crippen molar-refractivity contribution in [3.05, 3.63) is 0 Å². The van der Waals surface area contributed by atoms with Crippen LogP contribution in [0.4, 0.5) is 0 Å². The van der Waals surface area contributed by atoms with E-state index in [0.717, 1.165) is 25.8 Å². The van der Waals surface area contributed by atoms with E-state index < -0.39 is 0 Å². The second kappa shape index (κ2) is 5.69. The number of nitrogens with zero attached hydrogens (tertiary/aromatic N) is 1. The van der Waals surface area contributed by atoms with Gasteiger partial charge in [-0.3, -0.25) is 0 Å². The second-order valence-corrected chi connectivity index (χ2v) is 4.39. The lowest BCUT2D eigenvalue weighted by Crippen LogP contribution is -2.32. The molecule has 14 heavy (non-hydrogen) atoms. The molecule has 1 atom stereocenters. The fourth-order valence-corrected chi connectivity index (χ4v) is 2.36. The van der Waals surface area contributed by atoms with Crippen molar-refractivity contribution in [2.45, 2.75) is 31.7 Å². The fraction of sp³-hybridized carbons (Fsp3) is 1.00. The first-order valence-corrected chi connectivity index (χ1v) is 5.98. The zero-order valence-electron chi connectivity index (χ0n) is 9.00. The van der Waals surface area contributed by atoms with E-state index in [1.165, 1.54) is 45.3 Å². The zero-order valence-corrected chi connectivity index (χ0v) is 9.00. The molecular formula is C11H22N2O. The molecule has 2 rings (SSSR count). The van der Waals surface area contributed by atoms with Crippen LogP contribution >= 0.6 is 0 Å². The molecule has 2 aliphatic heterocycles. The summed E-state index contributed by atoms with van der Waals surface area (Å²) in [4.78, 5) is 2.55. The van der Waals surface area contributed by atoms with Crippen LogP contribution in [0.5, 0.6) is 0 Å². The molecule has 82 valence electrons. The van der Waals surface area contributed by atoms with E-state index in [0.29, 0.717) is 0 Å². The molecule has 3 heteroatoms. The first-order valence-electron chi connectivity index (χ1n) is 5.98. The van der Waals surface area contributed by atoms with Crippen LogP contribution in [-0.4, -0.2) is 50.3 Å². The average Bonchev–Trinajstić information content (AvgIpc) is 2.58. The van der Waals surface area contributed by atoms with Crippen molar-refractivity contribution in [3.63, 3.8) is 0 Å². The third-order valence-electron chi connectivity index (χ3n) is 3.27. The molecule has 0 amide bonds. The minimum Gasteiger partial charge on any atom is -0.380 e. The van der Waals surface area contributed by atoms with Gasteiger partial charge in [-0.1, -0.05) is 0 Å². The molecule has 2 fully saturated rings. The van der Waals surface area contributed by atoms with Gasteiger partial charge in [0.2, 0.25) is 0 Å². The summed E-state index contributed by atoms with van der Waals surface area (Å²) in [6.45, 7) is 6.73. The number of rotatable bonds is 3. The average molecular weight is 198 g/mol. The summed E-state index contributed by atoms with van der Waals surface area (Å²) in [5.74, 6) is 0. The Labute approximate surface area is 86.8 Å². The molecular weight excluding hydrogens is 176 g/mol. The van der Waals surface area contributed by atoms with Crippen LogP contribution in [0.3, 0.4) is 0 Å². The Morgan fingerprint density at radius 1 is 1.21 bits per heavy atom. The Kier molecular flexibility index (Phi) is 4.22. The Hall–Kier alpha value is -0.120. The van der Waals surface area contributed by atoms with E-state index in [1.807, 2.05) is 0 Å². The number of ether oxygens (including phenoxy) is 1. The van der Waals surface area contributed by atoms with Gasteiger partial charge in [-0.25, -0.2) is 0 Å². The van der Waals surface area contributed by atoms with Crippen LogP contribution in [0, 0.1) is 0 Å². The molecule has 0 aromatic carbocycles. The Morgan fingerprint density at radius 2 is 2.21 bits per heavy atom. The molecule has 1 N–H and O–H groups in total. The maximum Gasteiger partial charge on any atom is 0.0593 e. The molecule has 1 unspecified atom stereocenters. The van der Waals surface area contributed by atoms with Crippen LogP contribution in [0.2, 0.25) is 0 Å². The molecule has 0 aliphatic carbocycles. The predicted molar refractivity (Wildman–Crippen MR) is 57.5 cm³/mol. The third kappa shape index (κ3) is 3.23. The molecule has 3 nitrogen and oxygen atoms in total. The summed E-state index contributed by atoms with van der Waals surface area (Å²) < 4.78 is 5.44. The van der Waals surface area contributed by atoms with Crippen LogP contribution in [0.15, 0.2) is 0 Å². The molecule has 0 bridgehead atoms. The minimum absolute atomic E-state index is 0.791. The first kappa shape index (κ1) is 10.4. The van der Waals surface area contributed by atoms with E-state index in [2.05, 4.69) is 10.2 Å². The SMILES string of the molecule is C1CNC(CCN2CCCOCC2)C1. The first-order chi connectivity index (χ1) is 6.95. The van der Waals surface area contributed by atoms with Gasteiger partial charge in [-0.15, -0.1) is 0 Å². The third-order valence-corrected chi connectivity index (χ3v) is 3.27. The molecule has 2 heterocycles. The van der Waals surface area contributed by atoms with E-state index in [1.54, 1.807) is 0 Å². The monoisotopic (exact) mass is 198 g/mol. The predicted octanol–water partition coefficient (Wildman–Crippen LogP) is 0.851. The van der Waals surface area contributed by atoms with Gasteiger partial charge in [0.25, 0.3) is 0 Å². The van der Waals surface area contributed by atoms with Crippen LogP contribution in [-0.2, 0) is 4.74 Å². The van der Waals surface area contributed by atoms with E-state index >= 15 is 0 Å². The number of hydrogen-bond acceptors (Lipinski definition) is 3. The summed E-state index contributed by atoms with van der Waals surface area (Å²) in [6, 6.07) is 0.791. The maximum absolute atomic E-state index is 5.44. The van der Waals surface area contributed by atoms with Gasteiger partial charge in [0.15, 0.2) is 0 Å². The van der Waals surface area contributed by atoms with E-state index in [-0.39, 0.29) is 0 Å². The lowest BCUT2D eigenvalue weighted by molar-refractivity contribution is 0.140. The van der Waals surface area contributed by atoms with Crippen LogP contribution < -0.4 is 5.32 Å². The summed E-state index contributed by atoms with van der Waals surface area (Å²) in [5.41, 5.74) is 0. The smallest absolute Gasteiger partial charge is 0.0593 e. The summed E-state index contributed by atoms with van der Waals surface area (Å²) in [7, 11) is 0. The zero-order chi connectivity index (χ0) is 9.64. The highest BCUT2D eigenvalue weighted by Crippen LogP contribution is 2.10. The maximum atomic E-state index is 5.44. The molecule has 0 aromatic rings. The Balaban J connectivity index is 1.62. The second-order valence-electron chi connectivity index (χ2n) is 4.39. The molecule has 0 radical (unpaired) electrons. The molecule has 2 saturated heterocycles. The number of hydrogen-bond donors (Lipinski definition) is 1. The minimum atomic E-state index is 0.791. The number of nitrogens with one attached hydrogen (secondary N) is 1. The molecule has 0 saturated carbocycles. The largest absolute Gasteiger partial charge is 0.380 e. The van der Waals surface area contributed by atoms with Crippen molar-refractivity contribution in [3.8, 4) is 0 Å². The highest BCUT2D eigenvalue weighted by atomic mass is 16.5. The standard InChI is InChI=1S/C11H22N2O/c1-3-11(12-5-1)4-7-13-6-2-9-14-10-8-13/h11-12H,1-10H2.